The number of anilines is 1. The van der Waals surface area contributed by atoms with Crippen LogP contribution in [0.25, 0.3) is 5.82 Å². The first-order valence-electron chi connectivity index (χ1n) is 8.24. The highest BCUT2D eigenvalue weighted by molar-refractivity contribution is 6.22. The Morgan fingerprint density at radius 1 is 1.07 bits per heavy atom. The molecule has 2 aromatic heterocycles. The predicted molar refractivity (Wildman–Crippen MR) is 96.5 cm³/mol. The Labute approximate surface area is 158 Å². The molecule has 0 radical (unpaired) electrons. The van der Waals surface area contributed by atoms with E-state index in [1.165, 1.54) is 23.0 Å². The lowest BCUT2D eigenvalue weighted by molar-refractivity contribution is -0.116. The fraction of sp³-hybridized carbons (Fsp3) is 0.0526. The van der Waals surface area contributed by atoms with Gasteiger partial charge in [0.05, 0.1) is 17.3 Å². The Kier molecular flexibility index (Phi) is 4.14. The average molecular weight is 372 g/mol. The first kappa shape index (κ1) is 17.1. The molecule has 0 spiro atoms. The van der Waals surface area contributed by atoms with Gasteiger partial charge in [-0.05, 0) is 24.3 Å². The van der Waals surface area contributed by atoms with Gasteiger partial charge >= 0.3 is 0 Å². The van der Waals surface area contributed by atoms with E-state index in [9.17, 15) is 19.6 Å². The van der Waals surface area contributed by atoms with Crippen molar-refractivity contribution in [3.8, 4) is 11.9 Å². The summed E-state index contributed by atoms with van der Waals surface area (Å²) in [6.07, 6.45) is 2.85. The van der Waals surface area contributed by atoms with E-state index in [1.54, 1.807) is 36.5 Å². The number of nitriles is 1. The molecule has 0 saturated heterocycles. The number of benzene rings is 1. The zero-order valence-electron chi connectivity index (χ0n) is 14.4. The van der Waals surface area contributed by atoms with Crippen molar-refractivity contribution in [1.29, 1.82) is 5.26 Å². The summed E-state index contributed by atoms with van der Waals surface area (Å²) in [5.74, 6) is -1.18. The van der Waals surface area contributed by atoms with E-state index < -0.39 is 24.3 Å². The lowest BCUT2D eigenvalue weighted by Crippen LogP contribution is -2.37. The second-order valence-electron chi connectivity index (χ2n) is 5.91. The molecule has 3 amide bonds. The number of fused-ring (bicyclic) bond motifs is 1. The van der Waals surface area contributed by atoms with E-state index in [1.807, 2.05) is 6.07 Å². The number of carbonyl (C=O) groups excluding carboxylic acids is 3. The minimum atomic E-state index is -0.635. The van der Waals surface area contributed by atoms with E-state index >= 15 is 0 Å². The average Bonchev–Trinajstić information content (AvgIpc) is 3.23. The highest BCUT2D eigenvalue weighted by atomic mass is 16.2. The molecule has 3 aromatic rings. The maximum atomic E-state index is 12.5. The van der Waals surface area contributed by atoms with Gasteiger partial charge in [-0.3, -0.25) is 19.3 Å². The van der Waals surface area contributed by atoms with Crippen LogP contribution in [-0.2, 0) is 4.79 Å². The molecule has 136 valence electrons. The van der Waals surface area contributed by atoms with Crippen molar-refractivity contribution in [3.63, 3.8) is 0 Å². The molecular formula is C19H12N6O3. The summed E-state index contributed by atoms with van der Waals surface area (Å²) >= 11 is 0. The van der Waals surface area contributed by atoms with Crippen molar-refractivity contribution in [1.82, 2.24) is 19.7 Å². The van der Waals surface area contributed by atoms with E-state index in [-0.39, 0.29) is 22.5 Å². The van der Waals surface area contributed by atoms with Gasteiger partial charge in [0.25, 0.3) is 11.8 Å². The van der Waals surface area contributed by atoms with Crippen LogP contribution in [0.15, 0.2) is 54.9 Å². The van der Waals surface area contributed by atoms with Crippen LogP contribution in [0.5, 0.6) is 0 Å². The molecule has 9 heteroatoms. The molecule has 4 rings (SSSR count). The fourth-order valence-electron chi connectivity index (χ4n) is 2.90. The first-order chi connectivity index (χ1) is 13.6. The van der Waals surface area contributed by atoms with Crippen LogP contribution in [0, 0.1) is 11.3 Å². The number of amides is 3. The number of carbonyl (C=O) groups is 3. The second-order valence-corrected chi connectivity index (χ2v) is 5.91. The van der Waals surface area contributed by atoms with Crippen LogP contribution in [0.1, 0.15) is 26.3 Å². The Hall–Kier alpha value is -4.32. The molecule has 1 N–H and O–H groups in total. The lowest BCUT2D eigenvalue weighted by atomic mass is 10.1. The predicted octanol–water partition coefficient (Wildman–Crippen LogP) is 1.37. The van der Waals surface area contributed by atoms with Gasteiger partial charge in [-0.15, -0.1) is 0 Å². The van der Waals surface area contributed by atoms with Crippen molar-refractivity contribution in [3.05, 3.63) is 71.5 Å². The Morgan fingerprint density at radius 3 is 2.36 bits per heavy atom. The number of hydrogen-bond donors (Lipinski definition) is 1. The van der Waals surface area contributed by atoms with Crippen molar-refractivity contribution in [2.75, 3.05) is 11.9 Å². The number of rotatable bonds is 4. The van der Waals surface area contributed by atoms with Crippen molar-refractivity contribution in [2.24, 2.45) is 0 Å². The number of pyridine rings is 1. The molecule has 0 unspecified atom stereocenters. The summed E-state index contributed by atoms with van der Waals surface area (Å²) in [5.41, 5.74) is 0.648. The summed E-state index contributed by atoms with van der Waals surface area (Å²) in [7, 11) is 0. The summed E-state index contributed by atoms with van der Waals surface area (Å²) in [6.45, 7) is -0.482. The monoisotopic (exact) mass is 372 g/mol. The summed E-state index contributed by atoms with van der Waals surface area (Å²) < 4.78 is 1.30. The van der Waals surface area contributed by atoms with Crippen LogP contribution in [0.2, 0.25) is 0 Å². The second kappa shape index (κ2) is 6.77. The summed E-state index contributed by atoms with van der Waals surface area (Å²) in [6, 6.07) is 13.4. The third-order valence-corrected chi connectivity index (χ3v) is 4.19. The lowest BCUT2D eigenvalue weighted by Gasteiger charge is -2.14. The number of nitrogens with zero attached hydrogens (tertiary/aromatic N) is 5. The SMILES string of the molecule is N#Cc1cnn(-c2ccccn2)c1NC(=O)CN1C(=O)c2ccccc2C1=O. The smallest absolute Gasteiger partial charge is 0.262 e. The minimum absolute atomic E-state index is 0.114. The van der Waals surface area contributed by atoms with E-state index in [2.05, 4.69) is 15.4 Å². The molecule has 0 saturated carbocycles. The number of aromatic nitrogens is 3. The van der Waals surface area contributed by atoms with E-state index in [0.717, 1.165) is 4.90 Å². The zero-order chi connectivity index (χ0) is 19.7. The first-order valence-corrected chi connectivity index (χ1v) is 8.24. The van der Waals surface area contributed by atoms with E-state index in [4.69, 9.17) is 0 Å². The molecule has 0 aliphatic carbocycles. The van der Waals surface area contributed by atoms with Gasteiger partial charge in [0.1, 0.15) is 18.2 Å². The topological polar surface area (TPSA) is 121 Å². The molecule has 0 atom stereocenters. The maximum absolute atomic E-state index is 12.5. The van der Waals surface area contributed by atoms with Crippen molar-refractivity contribution >= 4 is 23.5 Å². The van der Waals surface area contributed by atoms with Gasteiger partial charge in [0, 0.05) is 6.20 Å². The molecule has 1 aliphatic rings. The Morgan fingerprint density at radius 2 is 1.75 bits per heavy atom. The normalized spacial score (nSPS) is 12.6. The van der Waals surface area contributed by atoms with Gasteiger partial charge in [-0.1, -0.05) is 18.2 Å². The van der Waals surface area contributed by atoms with Crippen molar-refractivity contribution < 1.29 is 14.4 Å². The van der Waals surface area contributed by atoms with E-state index in [0.29, 0.717) is 5.82 Å². The van der Waals surface area contributed by atoms with Crippen LogP contribution in [0.4, 0.5) is 5.82 Å². The van der Waals surface area contributed by atoms with Gasteiger partial charge < -0.3 is 5.32 Å². The third-order valence-electron chi connectivity index (χ3n) is 4.19. The van der Waals surface area contributed by atoms with Gasteiger partial charge in [0.2, 0.25) is 5.91 Å². The molecular weight excluding hydrogens is 360 g/mol. The van der Waals surface area contributed by atoms with Gasteiger partial charge in [-0.2, -0.15) is 15.0 Å². The van der Waals surface area contributed by atoms with Gasteiger partial charge in [-0.25, -0.2) is 4.98 Å². The van der Waals surface area contributed by atoms with Crippen LogP contribution >= 0.6 is 0 Å². The molecule has 9 nitrogen and oxygen atoms in total. The Bertz CT molecular complexity index is 1110. The molecule has 0 bridgehead atoms. The maximum Gasteiger partial charge on any atom is 0.262 e. The Balaban J connectivity index is 1.58. The molecule has 28 heavy (non-hydrogen) atoms. The minimum Gasteiger partial charge on any atom is -0.308 e. The summed E-state index contributed by atoms with van der Waals surface area (Å²) in [4.78, 5) is 42.3. The molecule has 1 aromatic carbocycles. The van der Waals surface area contributed by atoms with Crippen molar-refractivity contribution in [2.45, 2.75) is 0 Å². The standard InChI is InChI=1S/C19H12N6O3/c20-9-12-10-22-25(15-7-3-4-8-21-15)17(12)23-16(26)11-24-18(27)13-5-1-2-6-14(13)19(24)28/h1-8,10H,11H2,(H,23,26). The molecule has 1 aliphatic heterocycles. The number of hydrogen-bond acceptors (Lipinski definition) is 6. The summed E-state index contributed by atoms with van der Waals surface area (Å²) in [5, 5.41) is 15.9. The highest BCUT2D eigenvalue weighted by Gasteiger charge is 2.36. The van der Waals surface area contributed by atoms with Crippen LogP contribution in [-0.4, -0.2) is 43.9 Å². The number of imide groups is 1. The van der Waals surface area contributed by atoms with Gasteiger partial charge in [0.15, 0.2) is 11.6 Å². The third kappa shape index (κ3) is 2.79. The van der Waals surface area contributed by atoms with Crippen LogP contribution < -0.4 is 5.32 Å². The fourth-order valence-corrected chi connectivity index (χ4v) is 2.90. The molecule has 3 heterocycles. The largest absolute Gasteiger partial charge is 0.308 e. The molecule has 0 fully saturated rings. The highest BCUT2D eigenvalue weighted by Crippen LogP contribution is 2.23. The number of nitrogens with one attached hydrogen (secondary N) is 1. The van der Waals surface area contributed by atoms with Crippen LogP contribution in [0.3, 0.4) is 0 Å². The quantitative estimate of drug-likeness (QED) is 0.691. The zero-order valence-corrected chi connectivity index (χ0v) is 14.4.